The molecule has 2 aliphatic heterocycles. The number of aromatic amines is 1. The number of aromatic nitrogens is 1. The Morgan fingerprint density at radius 3 is 2.50 bits per heavy atom. The fourth-order valence-corrected chi connectivity index (χ4v) is 6.82. The number of carbonyl (C=O) groups excluding carboxylic acids is 2. The number of nitrogens with zero attached hydrogens (tertiary/aromatic N) is 2. The van der Waals surface area contributed by atoms with Crippen LogP contribution < -0.4 is 9.47 Å². The lowest BCUT2D eigenvalue weighted by molar-refractivity contribution is -0.161. The summed E-state index contributed by atoms with van der Waals surface area (Å²) >= 11 is 0. The Bertz CT molecular complexity index is 1340. The average Bonchev–Trinajstić information content (AvgIpc) is 3.28. The van der Waals surface area contributed by atoms with E-state index in [0.29, 0.717) is 24.5 Å². The van der Waals surface area contributed by atoms with Crippen molar-refractivity contribution in [1.29, 1.82) is 0 Å². The van der Waals surface area contributed by atoms with Crippen LogP contribution in [0.2, 0.25) is 0 Å². The van der Waals surface area contributed by atoms with Crippen LogP contribution in [0.15, 0.2) is 42.5 Å². The Hall–Kier alpha value is -3.48. The van der Waals surface area contributed by atoms with Crippen LogP contribution in [0.3, 0.4) is 0 Å². The number of nitrogens with one attached hydrogen (secondary N) is 1. The van der Waals surface area contributed by atoms with Crippen molar-refractivity contribution in [3.05, 3.63) is 59.3 Å². The summed E-state index contributed by atoms with van der Waals surface area (Å²) in [5.74, 6) is 1.39. The Morgan fingerprint density at radius 2 is 1.74 bits per heavy atom. The van der Waals surface area contributed by atoms with Crippen LogP contribution in [-0.2, 0) is 16.0 Å². The molecule has 1 saturated carbocycles. The summed E-state index contributed by atoms with van der Waals surface area (Å²) in [6, 6.07) is 13.3. The van der Waals surface area contributed by atoms with E-state index in [0.717, 1.165) is 53.4 Å². The molecular formula is C31H37N3O4. The van der Waals surface area contributed by atoms with E-state index in [1.54, 1.807) is 7.11 Å². The molecule has 0 radical (unpaired) electrons. The third kappa shape index (κ3) is 4.22. The van der Waals surface area contributed by atoms with Gasteiger partial charge in [0.25, 0.3) is 0 Å². The molecule has 1 aliphatic carbocycles. The van der Waals surface area contributed by atoms with Gasteiger partial charge in [0.2, 0.25) is 11.8 Å². The first-order valence-corrected chi connectivity index (χ1v) is 14.1. The van der Waals surface area contributed by atoms with E-state index in [-0.39, 0.29) is 24.4 Å². The van der Waals surface area contributed by atoms with Crippen molar-refractivity contribution in [3.8, 4) is 11.5 Å². The van der Waals surface area contributed by atoms with Crippen molar-refractivity contribution < 1.29 is 19.1 Å². The number of amides is 2. The van der Waals surface area contributed by atoms with Crippen LogP contribution in [0.5, 0.6) is 11.5 Å². The molecule has 7 nitrogen and oxygen atoms in total. The quantitative estimate of drug-likeness (QED) is 0.496. The molecule has 7 heteroatoms. The third-order valence-corrected chi connectivity index (χ3v) is 8.61. The van der Waals surface area contributed by atoms with Gasteiger partial charge in [0, 0.05) is 29.1 Å². The Balaban J connectivity index is 1.44. The van der Waals surface area contributed by atoms with E-state index in [1.807, 2.05) is 47.1 Å². The molecule has 38 heavy (non-hydrogen) atoms. The second-order valence-electron chi connectivity index (χ2n) is 10.8. The Morgan fingerprint density at radius 1 is 0.974 bits per heavy atom. The summed E-state index contributed by atoms with van der Waals surface area (Å²) in [6.45, 7) is 2.62. The van der Waals surface area contributed by atoms with Gasteiger partial charge in [0.05, 0.1) is 19.8 Å². The summed E-state index contributed by atoms with van der Waals surface area (Å²) < 4.78 is 11.4. The monoisotopic (exact) mass is 515 g/mol. The van der Waals surface area contributed by atoms with Crippen LogP contribution in [0, 0.1) is 0 Å². The number of H-pyrrole nitrogens is 1. The average molecular weight is 516 g/mol. The van der Waals surface area contributed by atoms with Crippen LogP contribution in [-0.4, -0.2) is 58.9 Å². The number of methoxy groups -OCH3 is 1. The lowest BCUT2D eigenvalue weighted by Gasteiger charge is -2.49. The molecule has 2 aromatic carbocycles. The molecule has 2 atom stereocenters. The Labute approximate surface area is 224 Å². The standard InChI is InChI=1S/C31H37N3O4/c1-3-38-26-16-15-20(17-27(26)37-2)30-29-23(22-13-9-10-14-24(22)32-29)18-25-31(36)33(19-28(35)34(25)30)21-11-7-5-4-6-8-12-21/h9-10,13-17,21,25,30,32H,3-8,11-12,18-19H2,1-2H3/t25-,30+/m0/s1. The predicted octanol–water partition coefficient (Wildman–Crippen LogP) is 5.37. The maximum absolute atomic E-state index is 14.2. The molecule has 0 spiro atoms. The second-order valence-corrected chi connectivity index (χ2v) is 10.8. The molecule has 2 fully saturated rings. The van der Waals surface area contributed by atoms with Crippen molar-refractivity contribution in [3.63, 3.8) is 0 Å². The van der Waals surface area contributed by atoms with Crippen molar-refractivity contribution >= 4 is 22.7 Å². The van der Waals surface area contributed by atoms with Crippen molar-refractivity contribution in [2.75, 3.05) is 20.3 Å². The first-order chi connectivity index (χ1) is 18.6. The summed E-state index contributed by atoms with van der Waals surface area (Å²) in [7, 11) is 1.63. The molecule has 2 amide bonds. The SMILES string of the molecule is CCOc1ccc([C@@H]2c3[nH]c4ccccc4c3C[C@H]3C(=O)N(C4CCCCCCC4)CC(=O)N23)cc1OC. The van der Waals surface area contributed by atoms with Gasteiger partial charge in [-0.05, 0) is 49.1 Å². The molecule has 200 valence electrons. The van der Waals surface area contributed by atoms with Gasteiger partial charge in [-0.3, -0.25) is 9.59 Å². The number of hydrogen-bond donors (Lipinski definition) is 1. The zero-order valence-corrected chi connectivity index (χ0v) is 22.4. The highest BCUT2D eigenvalue weighted by molar-refractivity contribution is 5.98. The number of rotatable bonds is 5. The number of ether oxygens (including phenoxy) is 2. The minimum atomic E-state index is -0.518. The van der Waals surface area contributed by atoms with E-state index < -0.39 is 12.1 Å². The summed E-state index contributed by atoms with van der Waals surface area (Å²) in [4.78, 5) is 35.5. The van der Waals surface area contributed by atoms with Gasteiger partial charge < -0.3 is 24.3 Å². The lowest BCUT2D eigenvalue weighted by Crippen LogP contribution is -2.64. The minimum absolute atomic E-state index is 0.0128. The van der Waals surface area contributed by atoms with Gasteiger partial charge >= 0.3 is 0 Å². The highest BCUT2D eigenvalue weighted by atomic mass is 16.5. The molecular weight excluding hydrogens is 478 g/mol. The summed E-state index contributed by atoms with van der Waals surface area (Å²) in [6.07, 6.45) is 8.44. The second kappa shape index (κ2) is 10.4. The lowest BCUT2D eigenvalue weighted by atomic mass is 9.85. The Kier molecular flexibility index (Phi) is 6.76. The first-order valence-electron chi connectivity index (χ1n) is 14.1. The fraction of sp³-hybridized carbons (Fsp3) is 0.484. The highest BCUT2D eigenvalue weighted by Crippen LogP contribution is 2.44. The normalized spacial score (nSPS) is 22.6. The van der Waals surface area contributed by atoms with Gasteiger partial charge in [-0.15, -0.1) is 0 Å². The highest BCUT2D eigenvalue weighted by Gasteiger charge is 2.49. The number of para-hydroxylation sites is 1. The molecule has 3 heterocycles. The fourth-order valence-electron chi connectivity index (χ4n) is 6.82. The van der Waals surface area contributed by atoms with E-state index in [4.69, 9.17) is 9.47 Å². The van der Waals surface area contributed by atoms with Crippen LogP contribution in [0.4, 0.5) is 0 Å². The number of fused-ring (bicyclic) bond motifs is 4. The third-order valence-electron chi connectivity index (χ3n) is 8.61. The van der Waals surface area contributed by atoms with Gasteiger partial charge in [0.1, 0.15) is 12.6 Å². The number of carbonyl (C=O) groups is 2. The summed E-state index contributed by atoms with van der Waals surface area (Å²) in [5, 5.41) is 1.12. The molecule has 0 bridgehead atoms. The van der Waals surface area contributed by atoms with Gasteiger partial charge in [-0.2, -0.15) is 0 Å². The van der Waals surface area contributed by atoms with E-state index in [2.05, 4.69) is 17.1 Å². The van der Waals surface area contributed by atoms with Crippen molar-refractivity contribution in [1.82, 2.24) is 14.8 Å². The number of piperazine rings is 1. The van der Waals surface area contributed by atoms with Crippen LogP contribution in [0.25, 0.3) is 10.9 Å². The maximum atomic E-state index is 14.2. The molecule has 6 rings (SSSR count). The zero-order valence-electron chi connectivity index (χ0n) is 22.4. The van der Waals surface area contributed by atoms with E-state index in [9.17, 15) is 9.59 Å². The first kappa shape index (κ1) is 24.8. The number of hydrogen-bond acceptors (Lipinski definition) is 4. The van der Waals surface area contributed by atoms with E-state index in [1.165, 1.54) is 19.3 Å². The van der Waals surface area contributed by atoms with Gasteiger partial charge in [0.15, 0.2) is 11.5 Å². The maximum Gasteiger partial charge on any atom is 0.246 e. The molecule has 1 N–H and O–H groups in total. The van der Waals surface area contributed by atoms with E-state index >= 15 is 0 Å². The molecule has 1 aromatic heterocycles. The van der Waals surface area contributed by atoms with Gasteiger partial charge in [-0.1, -0.05) is 56.4 Å². The van der Waals surface area contributed by atoms with Crippen LogP contribution >= 0.6 is 0 Å². The minimum Gasteiger partial charge on any atom is -0.493 e. The molecule has 0 unspecified atom stereocenters. The zero-order chi connectivity index (χ0) is 26.2. The van der Waals surface area contributed by atoms with Crippen molar-refractivity contribution in [2.24, 2.45) is 0 Å². The van der Waals surface area contributed by atoms with Gasteiger partial charge in [-0.25, -0.2) is 0 Å². The van der Waals surface area contributed by atoms with Crippen molar-refractivity contribution in [2.45, 2.75) is 76.4 Å². The predicted molar refractivity (Wildman–Crippen MR) is 146 cm³/mol. The summed E-state index contributed by atoms with van der Waals surface area (Å²) in [5.41, 5.74) is 4.04. The largest absolute Gasteiger partial charge is 0.493 e. The smallest absolute Gasteiger partial charge is 0.246 e. The molecule has 3 aromatic rings. The number of benzene rings is 2. The topological polar surface area (TPSA) is 74.9 Å². The molecule has 1 saturated heterocycles. The molecule has 3 aliphatic rings. The van der Waals surface area contributed by atoms with Crippen LogP contribution in [0.1, 0.15) is 74.7 Å².